The highest BCUT2D eigenvalue weighted by atomic mass is 16.5. The molecule has 1 saturated heterocycles. The molecule has 0 radical (unpaired) electrons. The zero-order valence-electron chi connectivity index (χ0n) is 19.3. The second-order valence-electron chi connectivity index (χ2n) is 8.68. The van der Waals surface area contributed by atoms with Crippen LogP contribution in [-0.4, -0.2) is 77.9 Å². The van der Waals surface area contributed by atoms with E-state index in [4.69, 9.17) is 9.47 Å². The van der Waals surface area contributed by atoms with Crippen molar-refractivity contribution in [2.75, 3.05) is 47.4 Å². The molecule has 2 aliphatic heterocycles. The molecule has 32 heavy (non-hydrogen) atoms. The van der Waals surface area contributed by atoms with E-state index in [0.717, 1.165) is 87.2 Å². The first-order valence-corrected chi connectivity index (χ1v) is 11.4. The highest BCUT2D eigenvalue weighted by molar-refractivity contribution is 5.78. The lowest BCUT2D eigenvalue weighted by Gasteiger charge is -2.28. The fraction of sp³-hybridized carbons (Fsp3) is 0.609. The zero-order chi connectivity index (χ0) is 22.5. The smallest absolute Gasteiger partial charge is 0.224 e. The van der Waals surface area contributed by atoms with Gasteiger partial charge >= 0.3 is 0 Å². The normalized spacial score (nSPS) is 19.8. The molecule has 0 bridgehead atoms. The van der Waals surface area contributed by atoms with Gasteiger partial charge in [-0.3, -0.25) is 9.69 Å². The van der Waals surface area contributed by atoms with Gasteiger partial charge in [0.25, 0.3) is 0 Å². The summed E-state index contributed by atoms with van der Waals surface area (Å²) in [5.41, 5.74) is 1.11. The third-order valence-corrected chi connectivity index (χ3v) is 6.49. The number of rotatable bonds is 7. The maximum atomic E-state index is 12.6. The molecule has 1 N–H and O–H groups in total. The third kappa shape index (κ3) is 5.05. The minimum Gasteiger partial charge on any atom is -0.493 e. The molecule has 0 spiro atoms. The van der Waals surface area contributed by atoms with E-state index in [2.05, 4.69) is 43.0 Å². The summed E-state index contributed by atoms with van der Waals surface area (Å²) in [5, 5.41) is 11.9. The predicted molar refractivity (Wildman–Crippen MR) is 121 cm³/mol. The fourth-order valence-electron chi connectivity index (χ4n) is 4.73. The van der Waals surface area contributed by atoms with E-state index in [9.17, 15) is 4.79 Å². The van der Waals surface area contributed by atoms with Gasteiger partial charge in [0.2, 0.25) is 5.91 Å². The van der Waals surface area contributed by atoms with Crippen molar-refractivity contribution in [3.05, 3.63) is 35.4 Å². The zero-order valence-corrected chi connectivity index (χ0v) is 19.3. The number of aromatic nitrogens is 3. The summed E-state index contributed by atoms with van der Waals surface area (Å²) in [6, 6.07) is 5.99. The average molecular weight is 443 g/mol. The predicted octanol–water partition coefficient (Wildman–Crippen LogP) is 1.31. The van der Waals surface area contributed by atoms with Crippen molar-refractivity contribution < 1.29 is 14.3 Å². The lowest BCUT2D eigenvalue weighted by Crippen LogP contribution is -2.41. The molecule has 3 heterocycles. The van der Waals surface area contributed by atoms with Gasteiger partial charge < -0.3 is 24.3 Å². The van der Waals surface area contributed by atoms with Crippen molar-refractivity contribution in [1.29, 1.82) is 0 Å². The van der Waals surface area contributed by atoms with Gasteiger partial charge in [0.1, 0.15) is 5.82 Å². The lowest BCUT2D eigenvalue weighted by molar-refractivity contribution is -0.126. The van der Waals surface area contributed by atoms with Crippen LogP contribution in [0.1, 0.15) is 30.1 Å². The number of hydrogen-bond acceptors (Lipinski definition) is 7. The van der Waals surface area contributed by atoms with Crippen LogP contribution in [0.3, 0.4) is 0 Å². The number of para-hydroxylation sites is 1. The molecule has 1 aromatic heterocycles. The van der Waals surface area contributed by atoms with Crippen molar-refractivity contribution in [3.8, 4) is 11.5 Å². The minimum atomic E-state index is 0.0635. The SMILES string of the molecule is COc1cccc(CN2CCc3nnc(CNC(=O)[C@@H]4CCCN(C)C4)n3CC2)c1OC. The van der Waals surface area contributed by atoms with E-state index in [1.807, 2.05) is 12.1 Å². The summed E-state index contributed by atoms with van der Waals surface area (Å²) in [4.78, 5) is 17.2. The van der Waals surface area contributed by atoms with Gasteiger partial charge in [-0.05, 0) is 32.5 Å². The maximum absolute atomic E-state index is 12.6. The van der Waals surface area contributed by atoms with Crippen LogP contribution in [0.5, 0.6) is 11.5 Å². The van der Waals surface area contributed by atoms with E-state index in [1.54, 1.807) is 14.2 Å². The van der Waals surface area contributed by atoms with E-state index >= 15 is 0 Å². The first kappa shape index (κ1) is 22.5. The Kier molecular flexibility index (Phi) is 7.26. The Morgan fingerprint density at radius 2 is 2.03 bits per heavy atom. The quantitative estimate of drug-likeness (QED) is 0.692. The van der Waals surface area contributed by atoms with Crippen LogP contribution in [0.25, 0.3) is 0 Å². The van der Waals surface area contributed by atoms with E-state index in [0.29, 0.717) is 6.54 Å². The Morgan fingerprint density at radius 1 is 1.16 bits per heavy atom. The molecule has 1 aromatic carbocycles. The number of fused-ring (bicyclic) bond motifs is 1. The fourth-order valence-corrected chi connectivity index (χ4v) is 4.73. The Hall–Kier alpha value is -2.65. The number of carbonyl (C=O) groups excluding carboxylic acids is 1. The van der Waals surface area contributed by atoms with Gasteiger partial charge in [0.15, 0.2) is 17.3 Å². The van der Waals surface area contributed by atoms with E-state index in [-0.39, 0.29) is 11.8 Å². The van der Waals surface area contributed by atoms with Crippen LogP contribution >= 0.6 is 0 Å². The number of hydrogen-bond donors (Lipinski definition) is 1. The highest BCUT2D eigenvalue weighted by Crippen LogP contribution is 2.31. The molecule has 1 fully saturated rings. The summed E-state index contributed by atoms with van der Waals surface area (Å²) >= 11 is 0. The summed E-state index contributed by atoms with van der Waals surface area (Å²) in [6.07, 6.45) is 2.85. The van der Waals surface area contributed by atoms with Crippen LogP contribution in [0.4, 0.5) is 0 Å². The molecule has 1 amide bonds. The monoisotopic (exact) mass is 442 g/mol. The van der Waals surface area contributed by atoms with Gasteiger partial charge in [-0.25, -0.2) is 0 Å². The Morgan fingerprint density at radius 3 is 2.81 bits per heavy atom. The van der Waals surface area contributed by atoms with E-state index < -0.39 is 0 Å². The number of nitrogens with one attached hydrogen (secondary N) is 1. The first-order chi connectivity index (χ1) is 15.6. The van der Waals surface area contributed by atoms with E-state index in [1.165, 1.54) is 0 Å². The Bertz CT molecular complexity index is 930. The molecule has 0 unspecified atom stereocenters. The molecule has 1 atom stereocenters. The van der Waals surface area contributed by atoms with Crippen molar-refractivity contribution >= 4 is 5.91 Å². The molecule has 174 valence electrons. The van der Waals surface area contributed by atoms with Gasteiger partial charge in [-0.15, -0.1) is 10.2 Å². The van der Waals surface area contributed by atoms with Crippen LogP contribution < -0.4 is 14.8 Å². The lowest BCUT2D eigenvalue weighted by atomic mass is 9.98. The second kappa shape index (κ2) is 10.3. The minimum absolute atomic E-state index is 0.0635. The third-order valence-electron chi connectivity index (χ3n) is 6.49. The summed E-state index contributed by atoms with van der Waals surface area (Å²) in [6.45, 7) is 5.66. The number of ether oxygens (including phenoxy) is 2. The molecule has 2 aromatic rings. The number of amides is 1. The van der Waals surface area contributed by atoms with Gasteiger partial charge in [-0.1, -0.05) is 12.1 Å². The number of piperidine rings is 1. The van der Waals surface area contributed by atoms with Crippen molar-refractivity contribution in [2.24, 2.45) is 5.92 Å². The standard InChI is InChI=1S/C23H34N6O3/c1-27-10-5-7-18(15-27)23(30)24-14-21-26-25-20-9-11-28(12-13-29(20)21)16-17-6-4-8-19(31-2)22(17)32-3/h4,6,8,18H,5,7,9-16H2,1-3H3,(H,24,30)/t18-/m1/s1. The van der Waals surface area contributed by atoms with Crippen LogP contribution in [-0.2, 0) is 30.8 Å². The molecular weight excluding hydrogens is 408 g/mol. The van der Waals surface area contributed by atoms with Gasteiger partial charge in [0.05, 0.1) is 26.7 Å². The maximum Gasteiger partial charge on any atom is 0.224 e. The number of methoxy groups -OCH3 is 2. The average Bonchev–Trinajstić information content (AvgIpc) is 3.09. The number of carbonyl (C=O) groups is 1. The molecule has 0 aliphatic carbocycles. The van der Waals surface area contributed by atoms with Crippen molar-refractivity contribution in [1.82, 2.24) is 29.9 Å². The van der Waals surface area contributed by atoms with Gasteiger partial charge in [-0.2, -0.15) is 0 Å². The van der Waals surface area contributed by atoms with Gasteiger partial charge in [0, 0.05) is 44.7 Å². The largest absolute Gasteiger partial charge is 0.493 e. The van der Waals surface area contributed by atoms with Crippen LogP contribution in [0.15, 0.2) is 18.2 Å². The molecule has 0 saturated carbocycles. The van der Waals surface area contributed by atoms with Crippen molar-refractivity contribution in [3.63, 3.8) is 0 Å². The molecule has 9 heteroatoms. The van der Waals surface area contributed by atoms with Crippen molar-refractivity contribution in [2.45, 2.75) is 38.9 Å². The molecule has 2 aliphatic rings. The van der Waals surface area contributed by atoms with Crippen LogP contribution in [0, 0.1) is 5.92 Å². The number of benzene rings is 1. The van der Waals surface area contributed by atoms with Crippen LogP contribution in [0.2, 0.25) is 0 Å². The highest BCUT2D eigenvalue weighted by Gasteiger charge is 2.25. The second-order valence-corrected chi connectivity index (χ2v) is 8.68. The Labute approximate surface area is 189 Å². The summed E-state index contributed by atoms with van der Waals surface area (Å²) in [5.74, 6) is 3.53. The molecule has 4 rings (SSSR count). The number of likely N-dealkylation sites (tertiary alicyclic amines) is 1. The number of nitrogens with zero attached hydrogens (tertiary/aromatic N) is 5. The first-order valence-electron chi connectivity index (χ1n) is 11.4. The topological polar surface area (TPSA) is 84.7 Å². The summed E-state index contributed by atoms with van der Waals surface area (Å²) in [7, 11) is 5.41. The molecular formula is C23H34N6O3. The Balaban J connectivity index is 1.36. The summed E-state index contributed by atoms with van der Waals surface area (Å²) < 4.78 is 13.2. The molecule has 9 nitrogen and oxygen atoms in total.